The van der Waals surface area contributed by atoms with Gasteiger partial charge in [0.25, 0.3) is 0 Å². The van der Waals surface area contributed by atoms with Crippen molar-refractivity contribution < 1.29 is 9.53 Å². The fraction of sp³-hybridized carbons (Fsp3) is 0.286. The van der Waals surface area contributed by atoms with E-state index in [-0.39, 0.29) is 11.6 Å². The zero-order valence-electron chi connectivity index (χ0n) is 11.3. The molecule has 0 bridgehead atoms. The largest absolute Gasteiger partial charge is 0.464 e. The predicted molar refractivity (Wildman–Crippen MR) is 73.4 cm³/mol. The molecule has 0 amide bonds. The van der Waals surface area contributed by atoms with Crippen LogP contribution in [0.25, 0.3) is 5.69 Å². The minimum absolute atomic E-state index is 0.0894. The van der Waals surface area contributed by atoms with Crippen molar-refractivity contribution in [3.8, 4) is 5.69 Å². The number of aromatic nitrogens is 2. The SMILES string of the molecule is COC(=O)c1nn(-c2ccccc2)c(N)c1C(C)C. The molecule has 0 aliphatic rings. The smallest absolute Gasteiger partial charge is 0.358 e. The summed E-state index contributed by atoms with van der Waals surface area (Å²) in [4.78, 5) is 11.8. The second kappa shape index (κ2) is 5.14. The maximum atomic E-state index is 11.8. The van der Waals surface area contributed by atoms with Crippen LogP contribution >= 0.6 is 0 Å². The summed E-state index contributed by atoms with van der Waals surface area (Å²) in [6, 6.07) is 9.46. The summed E-state index contributed by atoms with van der Waals surface area (Å²) in [5, 5.41) is 4.29. The van der Waals surface area contributed by atoms with E-state index in [9.17, 15) is 4.79 Å². The standard InChI is InChI=1S/C14H17N3O2/c1-9(2)11-12(14(18)19-3)16-17(13(11)15)10-7-5-4-6-8-10/h4-9H,15H2,1-3H3. The van der Waals surface area contributed by atoms with Gasteiger partial charge in [0.1, 0.15) is 5.82 Å². The van der Waals surface area contributed by atoms with E-state index in [2.05, 4.69) is 5.10 Å². The topological polar surface area (TPSA) is 70.1 Å². The Morgan fingerprint density at radius 3 is 2.47 bits per heavy atom. The molecule has 0 fully saturated rings. The molecule has 0 saturated heterocycles. The van der Waals surface area contributed by atoms with Crippen LogP contribution in [0.2, 0.25) is 0 Å². The van der Waals surface area contributed by atoms with E-state index in [0.717, 1.165) is 11.3 Å². The monoisotopic (exact) mass is 259 g/mol. The van der Waals surface area contributed by atoms with Gasteiger partial charge >= 0.3 is 5.97 Å². The molecule has 100 valence electrons. The minimum atomic E-state index is -0.468. The molecule has 0 saturated carbocycles. The van der Waals surface area contributed by atoms with E-state index >= 15 is 0 Å². The van der Waals surface area contributed by atoms with E-state index in [0.29, 0.717) is 5.82 Å². The fourth-order valence-corrected chi connectivity index (χ4v) is 2.03. The molecule has 0 aliphatic carbocycles. The Morgan fingerprint density at radius 1 is 1.32 bits per heavy atom. The van der Waals surface area contributed by atoms with E-state index in [4.69, 9.17) is 10.5 Å². The number of hydrogen-bond acceptors (Lipinski definition) is 4. The lowest BCUT2D eigenvalue weighted by Crippen LogP contribution is -2.07. The van der Waals surface area contributed by atoms with Crippen LogP contribution in [-0.2, 0) is 4.74 Å². The van der Waals surface area contributed by atoms with Gasteiger partial charge < -0.3 is 10.5 Å². The van der Waals surface area contributed by atoms with Crippen molar-refractivity contribution in [2.45, 2.75) is 19.8 Å². The first-order valence-corrected chi connectivity index (χ1v) is 6.08. The average molecular weight is 259 g/mol. The molecule has 0 aliphatic heterocycles. The average Bonchev–Trinajstić information content (AvgIpc) is 2.76. The van der Waals surface area contributed by atoms with Crippen LogP contribution in [0.5, 0.6) is 0 Å². The third-order valence-electron chi connectivity index (χ3n) is 2.92. The highest BCUT2D eigenvalue weighted by molar-refractivity contribution is 5.90. The lowest BCUT2D eigenvalue weighted by molar-refractivity contribution is 0.0592. The van der Waals surface area contributed by atoms with Crippen molar-refractivity contribution in [1.82, 2.24) is 9.78 Å². The Hall–Kier alpha value is -2.30. The number of esters is 1. The number of ether oxygens (including phenoxy) is 1. The molecule has 2 aromatic rings. The fourth-order valence-electron chi connectivity index (χ4n) is 2.03. The molecule has 1 aromatic carbocycles. The first-order chi connectivity index (χ1) is 9.06. The van der Waals surface area contributed by atoms with Gasteiger partial charge in [0.15, 0.2) is 5.69 Å². The number of nitrogen functional groups attached to an aromatic ring is 1. The van der Waals surface area contributed by atoms with Gasteiger partial charge in [-0.3, -0.25) is 0 Å². The van der Waals surface area contributed by atoms with Crippen molar-refractivity contribution in [3.05, 3.63) is 41.6 Å². The summed E-state index contributed by atoms with van der Waals surface area (Å²) >= 11 is 0. The zero-order chi connectivity index (χ0) is 14.0. The molecule has 19 heavy (non-hydrogen) atoms. The van der Waals surface area contributed by atoms with Gasteiger partial charge in [0.05, 0.1) is 12.8 Å². The summed E-state index contributed by atoms with van der Waals surface area (Å²) in [6.45, 7) is 3.93. The normalized spacial score (nSPS) is 10.7. The van der Waals surface area contributed by atoms with Gasteiger partial charge in [-0.1, -0.05) is 32.0 Å². The Balaban J connectivity index is 2.62. The molecule has 0 atom stereocenters. The van der Waals surface area contributed by atoms with Crippen molar-refractivity contribution in [1.29, 1.82) is 0 Å². The summed E-state index contributed by atoms with van der Waals surface area (Å²) in [5.74, 6) is 0.0956. The number of carbonyl (C=O) groups is 1. The molecule has 5 nitrogen and oxygen atoms in total. The van der Waals surface area contributed by atoms with E-state index in [1.54, 1.807) is 4.68 Å². The second-order valence-corrected chi connectivity index (χ2v) is 4.54. The number of hydrogen-bond donors (Lipinski definition) is 1. The maximum absolute atomic E-state index is 11.8. The lowest BCUT2D eigenvalue weighted by Gasteiger charge is -2.07. The highest BCUT2D eigenvalue weighted by Crippen LogP contribution is 2.28. The Morgan fingerprint density at radius 2 is 1.95 bits per heavy atom. The lowest BCUT2D eigenvalue weighted by atomic mass is 10.0. The first-order valence-electron chi connectivity index (χ1n) is 6.08. The highest BCUT2D eigenvalue weighted by Gasteiger charge is 2.24. The number of carbonyl (C=O) groups excluding carboxylic acids is 1. The molecule has 5 heteroatoms. The molecule has 0 unspecified atom stereocenters. The van der Waals surface area contributed by atoms with E-state index in [1.807, 2.05) is 44.2 Å². The van der Waals surface area contributed by atoms with Crippen LogP contribution in [0, 0.1) is 0 Å². The number of para-hydroxylation sites is 1. The van der Waals surface area contributed by atoms with Gasteiger partial charge in [0, 0.05) is 5.56 Å². The van der Waals surface area contributed by atoms with Crippen molar-refractivity contribution in [2.24, 2.45) is 0 Å². The van der Waals surface area contributed by atoms with E-state index < -0.39 is 5.97 Å². The summed E-state index contributed by atoms with van der Waals surface area (Å²) in [7, 11) is 1.34. The molecule has 2 rings (SSSR count). The van der Waals surface area contributed by atoms with Crippen molar-refractivity contribution >= 4 is 11.8 Å². The van der Waals surface area contributed by atoms with Crippen LogP contribution in [0.4, 0.5) is 5.82 Å². The Labute approximate surface area is 112 Å². The third kappa shape index (κ3) is 2.31. The van der Waals surface area contributed by atoms with Crippen LogP contribution in [-0.4, -0.2) is 22.9 Å². The van der Waals surface area contributed by atoms with Crippen LogP contribution in [0.3, 0.4) is 0 Å². The number of nitrogens with zero attached hydrogens (tertiary/aromatic N) is 2. The number of nitrogens with two attached hydrogens (primary N) is 1. The number of rotatable bonds is 3. The Kier molecular flexibility index (Phi) is 3.55. The molecule has 2 N–H and O–H groups in total. The number of anilines is 1. The summed E-state index contributed by atoms with van der Waals surface area (Å²) < 4.78 is 6.33. The number of benzene rings is 1. The van der Waals surface area contributed by atoms with Crippen molar-refractivity contribution in [3.63, 3.8) is 0 Å². The molecular formula is C14H17N3O2. The third-order valence-corrected chi connectivity index (χ3v) is 2.92. The predicted octanol–water partition coefficient (Wildman–Crippen LogP) is 2.36. The second-order valence-electron chi connectivity index (χ2n) is 4.54. The zero-order valence-corrected chi connectivity index (χ0v) is 11.3. The molecule has 0 spiro atoms. The van der Waals surface area contributed by atoms with Gasteiger partial charge in [-0.2, -0.15) is 5.10 Å². The number of methoxy groups -OCH3 is 1. The van der Waals surface area contributed by atoms with Gasteiger partial charge in [-0.05, 0) is 18.1 Å². The quantitative estimate of drug-likeness (QED) is 0.859. The van der Waals surface area contributed by atoms with Crippen LogP contribution in [0.1, 0.15) is 35.8 Å². The highest BCUT2D eigenvalue weighted by atomic mass is 16.5. The Bertz CT molecular complexity index is 588. The van der Waals surface area contributed by atoms with E-state index in [1.165, 1.54) is 7.11 Å². The molecule has 1 heterocycles. The first kappa shape index (κ1) is 13.1. The van der Waals surface area contributed by atoms with Gasteiger partial charge in [-0.15, -0.1) is 0 Å². The van der Waals surface area contributed by atoms with Crippen LogP contribution in [0.15, 0.2) is 30.3 Å². The summed E-state index contributed by atoms with van der Waals surface area (Å²) in [6.07, 6.45) is 0. The van der Waals surface area contributed by atoms with Gasteiger partial charge in [-0.25, -0.2) is 9.48 Å². The minimum Gasteiger partial charge on any atom is -0.464 e. The van der Waals surface area contributed by atoms with Crippen molar-refractivity contribution in [2.75, 3.05) is 12.8 Å². The van der Waals surface area contributed by atoms with Gasteiger partial charge in [0.2, 0.25) is 0 Å². The molecule has 1 aromatic heterocycles. The summed E-state index contributed by atoms with van der Waals surface area (Å²) in [5.41, 5.74) is 7.93. The maximum Gasteiger partial charge on any atom is 0.358 e. The molecule has 0 radical (unpaired) electrons. The van der Waals surface area contributed by atoms with Crippen LogP contribution < -0.4 is 5.73 Å². The molecular weight excluding hydrogens is 242 g/mol.